The molecule has 0 aliphatic heterocycles. The van der Waals surface area contributed by atoms with Crippen LogP contribution in [0.2, 0.25) is 0 Å². The second kappa shape index (κ2) is 7.22. The van der Waals surface area contributed by atoms with Crippen LogP contribution in [0.4, 0.5) is 15.8 Å². The summed E-state index contributed by atoms with van der Waals surface area (Å²) < 4.78 is 13.3. The standard InChI is InChI=1S/C15H23FN2O2/c1-10(2)7-13(8-11(3)4)17-14-9-12(16)5-6-15(14)18(19)20/h5-6,9-11,13,17H,7-8H2,1-4H3. The third kappa shape index (κ3) is 5.15. The molecule has 0 saturated carbocycles. The minimum atomic E-state index is -0.483. The molecule has 0 aromatic heterocycles. The van der Waals surface area contributed by atoms with Gasteiger partial charge in [-0.3, -0.25) is 10.1 Å². The zero-order valence-electron chi connectivity index (χ0n) is 12.5. The number of hydrogen-bond donors (Lipinski definition) is 1. The fourth-order valence-corrected chi connectivity index (χ4v) is 2.36. The van der Waals surface area contributed by atoms with Gasteiger partial charge in [0.05, 0.1) is 4.92 Å². The first-order chi connectivity index (χ1) is 9.29. The number of anilines is 1. The Kier molecular flexibility index (Phi) is 5.92. The van der Waals surface area contributed by atoms with Crippen molar-refractivity contribution in [3.63, 3.8) is 0 Å². The van der Waals surface area contributed by atoms with Crippen LogP contribution in [0, 0.1) is 27.8 Å². The van der Waals surface area contributed by atoms with Crippen molar-refractivity contribution in [3.8, 4) is 0 Å². The second-order valence-electron chi connectivity index (χ2n) is 6.02. The Balaban J connectivity index is 2.96. The predicted octanol–water partition coefficient (Wildman–Crippen LogP) is 4.61. The third-order valence-corrected chi connectivity index (χ3v) is 3.03. The summed E-state index contributed by atoms with van der Waals surface area (Å²) >= 11 is 0. The number of benzene rings is 1. The maximum atomic E-state index is 13.3. The first-order valence-corrected chi connectivity index (χ1v) is 7.00. The molecule has 0 radical (unpaired) electrons. The van der Waals surface area contributed by atoms with Gasteiger partial charge in [0.25, 0.3) is 5.69 Å². The molecular formula is C15H23FN2O2. The number of nitro benzene ring substituents is 1. The largest absolute Gasteiger partial charge is 0.377 e. The van der Waals surface area contributed by atoms with E-state index in [1.165, 1.54) is 12.1 Å². The molecule has 0 heterocycles. The summed E-state index contributed by atoms with van der Waals surface area (Å²) in [6.07, 6.45) is 1.79. The van der Waals surface area contributed by atoms with E-state index in [0.29, 0.717) is 11.8 Å². The van der Waals surface area contributed by atoms with Gasteiger partial charge in [0, 0.05) is 18.2 Å². The van der Waals surface area contributed by atoms with Crippen molar-refractivity contribution in [2.75, 3.05) is 5.32 Å². The highest BCUT2D eigenvalue weighted by Crippen LogP contribution is 2.28. The van der Waals surface area contributed by atoms with Gasteiger partial charge in [-0.2, -0.15) is 0 Å². The van der Waals surface area contributed by atoms with Crippen LogP contribution in [0.25, 0.3) is 0 Å². The summed E-state index contributed by atoms with van der Waals surface area (Å²) in [7, 11) is 0. The Morgan fingerprint density at radius 3 is 2.20 bits per heavy atom. The van der Waals surface area contributed by atoms with Crippen LogP contribution < -0.4 is 5.32 Å². The Morgan fingerprint density at radius 1 is 1.20 bits per heavy atom. The molecule has 0 spiro atoms. The average molecular weight is 282 g/mol. The van der Waals surface area contributed by atoms with Crippen molar-refractivity contribution in [2.24, 2.45) is 11.8 Å². The molecule has 0 aliphatic carbocycles. The van der Waals surface area contributed by atoms with E-state index in [2.05, 4.69) is 33.0 Å². The SMILES string of the molecule is CC(C)CC(CC(C)C)Nc1cc(F)ccc1[N+](=O)[O-]. The summed E-state index contributed by atoms with van der Waals surface area (Å²) in [5.74, 6) is 0.476. The first kappa shape index (κ1) is 16.4. The molecule has 1 aromatic rings. The number of nitro groups is 1. The number of hydrogen-bond acceptors (Lipinski definition) is 3. The summed E-state index contributed by atoms with van der Waals surface area (Å²) in [5.41, 5.74) is 0.185. The van der Waals surface area contributed by atoms with E-state index in [0.717, 1.165) is 18.9 Å². The summed E-state index contributed by atoms with van der Waals surface area (Å²) in [4.78, 5) is 10.5. The van der Waals surface area contributed by atoms with E-state index < -0.39 is 10.7 Å². The molecular weight excluding hydrogens is 259 g/mol. The van der Waals surface area contributed by atoms with Gasteiger partial charge in [-0.25, -0.2) is 4.39 Å². The molecule has 0 atom stereocenters. The monoisotopic (exact) mass is 282 g/mol. The minimum Gasteiger partial charge on any atom is -0.377 e. The van der Waals surface area contributed by atoms with E-state index in [-0.39, 0.29) is 17.4 Å². The lowest BCUT2D eigenvalue weighted by Crippen LogP contribution is -2.24. The first-order valence-electron chi connectivity index (χ1n) is 7.00. The normalized spacial score (nSPS) is 11.4. The molecule has 0 bridgehead atoms. The fourth-order valence-electron chi connectivity index (χ4n) is 2.36. The van der Waals surface area contributed by atoms with Crippen molar-refractivity contribution in [2.45, 2.75) is 46.6 Å². The minimum absolute atomic E-state index is 0.0797. The zero-order chi connectivity index (χ0) is 15.3. The molecule has 0 saturated heterocycles. The summed E-state index contributed by atoms with van der Waals surface area (Å²) in [5, 5.41) is 14.2. The molecule has 112 valence electrons. The van der Waals surface area contributed by atoms with Crippen molar-refractivity contribution in [1.82, 2.24) is 0 Å². The van der Waals surface area contributed by atoms with Gasteiger partial charge in [0.15, 0.2) is 0 Å². The Bertz CT molecular complexity index is 451. The molecule has 0 aliphatic rings. The van der Waals surface area contributed by atoms with Crippen LogP contribution in [0.1, 0.15) is 40.5 Å². The fraction of sp³-hybridized carbons (Fsp3) is 0.600. The molecule has 5 heteroatoms. The molecule has 0 unspecified atom stereocenters. The van der Waals surface area contributed by atoms with Crippen molar-refractivity contribution in [3.05, 3.63) is 34.1 Å². The van der Waals surface area contributed by atoms with Gasteiger partial charge in [-0.1, -0.05) is 27.7 Å². The van der Waals surface area contributed by atoms with Crippen LogP contribution in [-0.4, -0.2) is 11.0 Å². The van der Waals surface area contributed by atoms with Crippen LogP contribution in [0.3, 0.4) is 0 Å². The van der Waals surface area contributed by atoms with Crippen molar-refractivity contribution >= 4 is 11.4 Å². The molecule has 0 fully saturated rings. The van der Waals surface area contributed by atoms with E-state index in [1.807, 2.05) is 0 Å². The highest BCUT2D eigenvalue weighted by molar-refractivity contribution is 5.61. The third-order valence-electron chi connectivity index (χ3n) is 3.03. The van der Waals surface area contributed by atoms with Gasteiger partial charge in [0.2, 0.25) is 0 Å². The molecule has 0 amide bonds. The maximum absolute atomic E-state index is 13.3. The van der Waals surface area contributed by atoms with Crippen LogP contribution in [0.5, 0.6) is 0 Å². The van der Waals surface area contributed by atoms with Gasteiger partial charge in [0.1, 0.15) is 11.5 Å². The van der Waals surface area contributed by atoms with Gasteiger partial charge in [-0.05, 0) is 30.7 Å². The second-order valence-corrected chi connectivity index (χ2v) is 6.02. The molecule has 1 N–H and O–H groups in total. The van der Waals surface area contributed by atoms with Crippen LogP contribution in [0.15, 0.2) is 18.2 Å². The van der Waals surface area contributed by atoms with Crippen molar-refractivity contribution in [1.29, 1.82) is 0 Å². The smallest absolute Gasteiger partial charge is 0.292 e. The highest BCUT2D eigenvalue weighted by Gasteiger charge is 2.19. The maximum Gasteiger partial charge on any atom is 0.292 e. The number of nitrogens with zero attached hydrogens (tertiary/aromatic N) is 1. The summed E-state index contributed by atoms with van der Waals surface area (Å²) in [6, 6.07) is 3.63. The van der Waals surface area contributed by atoms with E-state index in [1.54, 1.807) is 0 Å². The molecule has 20 heavy (non-hydrogen) atoms. The van der Waals surface area contributed by atoms with Crippen LogP contribution >= 0.6 is 0 Å². The molecule has 4 nitrogen and oxygen atoms in total. The van der Waals surface area contributed by atoms with Gasteiger partial charge >= 0.3 is 0 Å². The lowest BCUT2D eigenvalue weighted by Gasteiger charge is -2.23. The van der Waals surface area contributed by atoms with Crippen LogP contribution in [-0.2, 0) is 0 Å². The number of halogens is 1. The molecule has 1 rings (SSSR count). The average Bonchev–Trinajstić information content (AvgIpc) is 2.26. The van der Waals surface area contributed by atoms with Gasteiger partial charge in [-0.15, -0.1) is 0 Å². The number of rotatable bonds is 7. The van der Waals surface area contributed by atoms with E-state index >= 15 is 0 Å². The quantitative estimate of drug-likeness (QED) is 0.587. The number of nitrogens with one attached hydrogen (secondary N) is 1. The van der Waals surface area contributed by atoms with Gasteiger partial charge < -0.3 is 5.32 Å². The topological polar surface area (TPSA) is 55.2 Å². The van der Waals surface area contributed by atoms with E-state index in [4.69, 9.17) is 0 Å². The highest BCUT2D eigenvalue weighted by atomic mass is 19.1. The zero-order valence-corrected chi connectivity index (χ0v) is 12.5. The molecule has 1 aromatic carbocycles. The summed E-state index contributed by atoms with van der Waals surface area (Å²) in [6.45, 7) is 8.42. The lowest BCUT2D eigenvalue weighted by atomic mass is 9.95. The van der Waals surface area contributed by atoms with E-state index in [9.17, 15) is 14.5 Å². The Hall–Kier alpha value is -1.65. The lowest BCUT2D eigenvalue weighted by molar-refractivity contribution is -0.384. The Morgan fingerprint density at radius 2 is 1.75 bits per heavy atom. The van der Waals surface area contributed by atoms with Crippen molar-refractivity contribution < 1.29 is 9.31 Å². The predicted molar refractivity (Wildman–Crippen MR) is 79.4 cm³/mol. The Labute approximate surface area is 119 Å².